The third-order valence-corrected chi connectivity index (χ3v) is 4.84. The Morgan fingerprint density at radius 1 is 1.07 bits per heavy atom. The highest BCUT2D eigenvalue weighted by Gasteiger charge is 2.23. The fourth-order valence-corrected chi connectivity index (χ4v) is 3.22. The van der Waals surface area contributed by atoms with E-state index in [1.165, 1.54) is 5.57 Å². The van der Waals surface area contributed by atoms with Gasteiger partial charge in [-0.2, -0.15) is 0 Å². The molecule has 1 saturated carbocycles. The molecule has 10 heteroatoms. The average molecular weight is 385 g/mol. The van der Waals surface area contributed by atoms with Crippen molar-refractivity contribution in [3.05, 3.63) is 23.3 Å². The van der Waals surface area contributed by atoms with E-state index < -0.39 is 0 Å². The number of hydrogen-bond acceptors (Lipinski definition) is 8. The Bertz CT molecular complexity index is 1030. The number of nitrogens with zero attached hydrogens (tertiary/aromatic N) is 7. The van der Waals surface area contributed by atoms with Crippen LogP contribution in [0.2, 0.25) is 5.28 Å². The van der Waals surface area contributed by atoms with Gasteiger partial charge in [-0.25, -0.2) is 24.9 Å². The predicted octanol–water partition coefficient (Wildman–Crippen LogP) is 1.99. The number of nitrogen functional groups attached to an aromatic ring is 1. The molecule has 2 fully saturated rings. The zero-order valence-corrected chi connectivity index (χ0v) is 15.2. The molecule has 0 bridgehead atoms. The molecule has 0 radical (unpaired) electrons. The maximum atomic E-state index is 6.42. The molecule has 2 aliphatic rings. The van der Waals surface area contributed by atoms with Gasteiger partial charge in [0, 0.05) is 31.7 Å². The highest BCUT2D eigenvalue weighted by Crippen LogP contribution is 2.33. The second kappa shape index (κ2) is 6.43. The molecule has 0 amide bonds. The summed E-state index contributed by atoms with van der Waals surface area (Å²) in [7, 11) is 0. The van der Waals surface area contributed by atoms with Gasteiger partial charge < -0.3 is 15.4 Å². The van der Waals surface area contributed by atoms with E-state index in [0.717, 1.165) is 31.7 Å². The lowest BCUT2D eigenvalue weighted by molar-refractivity contribution is 0.122. The number of rotatable bonds is 3. The Labute approximate surface area is 159 Å². The highest BCUT2D eigenvalue weighted by molar-refractivity contribution is 6.29. The van der Waals surface area contributed by atoms with E-state index in [9.17, 15) is 0 Å². The van der Waals surface area contributed by atoms with Crippen LogP contribution in [-0.4, -0.2) is 55.8 Å². The van der Waals surface area contributed by atoms with Gasteiger partial charge in [-0.3, -0.25) is 4.57 Å². The molecule has 4 heterocycles. The minimum Gasteiger partial charge on any atom is -0.378 e. The minimum absolute atomic E-state index is 0.208. The smallest absolute Gasteiger partial charge is 0.219 e. The van der Waals surface area contributed by atoms with Crippen molar-refractivity contribution in [2.24, 2.45) is 0 Å². The second-order valence-electron chi connectivity index (χ2n) is 6.51. The Morgan fingerprint density at radius 3 is 2.52 bits per heavy atom. The standard InChI is InChI=1S/C17H17ClN8O/c18-16-22-12-14(25-3-5-27-6-4-25)23-13(11-7-20-17(19)21-8-11)24-15(12)26(16)9-10-1-2-10/h7-9H,1-6H2,(H2,19,20,21). The Morgan fingerprint density at radius 2 is 1.81 bits per heavy atom. The molecule has 3 aromatic heterocycles. The van der Waals surface area contributed by atoms with Gasteiger partial charge in [0.1, 0.15) is 0 Å². The zero-order valence-electron chi connectivity index (χ0n) is 14.5. The summed E-state index contributed by atoms with van der Waals surface area (Å²) in [6, 6.07) is 0. The molecule has 2 N–H and O–H groups in total. The molecule has 138 valence electrons. The molecule has 0 unspecified atom stereocenters. The topological polar surface area (TPSA) is 108 Å². The van der Waals surface area contributed by atoms with Crippen LogP contribution in [0.15, 0.2) is 18.0 Å². The summed E-state index contributed by atoms with van der Waals surface area (Å²) in [5.41, 5.74) is 8.96. The van der Waals surface area contributed by atoms with Crippen LogP contribution in [0.4, 0.5) is 11.8 Å². The van der Waals surface area contributed by atoms with Crippen LogP contribution in [0.25, 0.3) is 28.8 Å². The maximum absolute atomic E-state index is 6.42. The van der Waals surface area contributed by atoms with Crippen LogP contribution in [0.1, 0.15) is 12.8 Å². The molecule has 9 nitrogen and oxygen atoms in total. The van der Waals surface area contributed by atoms with E-state index in [1.807, 2.05) is 10.8 Å². The molecule has 1 saturated heterocycles. The first kappa shape index (κ1) is 16.4. The molecule has 0 spiro atoms. The van der Waals surface area contributed by atoms with E-state index in [4.69, 9.17) is 32.0 Å². The average Bonchev–Trinajstić information content (AvgIpc) is 3.46. The summed E-state index contributed by atoms with van der Waals surface area (Å²) in [4.78, 5) is 24.3. The third kappa shape index (κ3) is 3.08. The first-order valence-corrected chi connectivity index (χ1v) is 9.12. The first-order valence-electron chi connectivity index (χ1n) is 8.74. The minimum atomic E-state index is 0.208. The molecule has 1 aliphatic carbocycles. The second-order valence-corrected chi connectivity index (χ2v) is 6.85. The molecule has 3 aromatic rings. The van der Waals surface area contributed by atoms with Crippen molar-refractivity contribution in [2.75, 3.05) is 36.9 Å². The van der Waals surface area contributed by atoms with Crippen molar-refractivity contribution in [2.45, 2.75) is 12.8 Å². The number of fused-ring (bicyclic) bond motifs is 1. The van der Waals surface area contributed by atoms with Gasteiger partial charge in [-0.05, 0) is 24.4 Å². The number of allylic oxidation sites excluding steroid dienone is 1. The van der Waals surface area contributed by atoms with Crippen molar-refractivity contribution < 1.29 is 4.74 Å². The van der Waals surface area contributed by atoms with Crippen molar-refractivity contribution >= 4 is 40.7 Å². The lowest BCUT2D eigenvalue weighted by atomic mass is 10.3. The van der Waals surface area contributed by atoms with Gasteiger partial charge in [0.25, 0.3) is 0 Å². The number of nitrogens with two attached hydrogens (primary N) is 1. The number of anilines is 2. The number of halogens is 1. The summed E-state index contributed by atoms with van der Waals surface area (Å²) in [5, 5.41) is 0.374. The Kier molecular flexibility index (Phi) is 3.91. The number of imidazole rings is 1. The SMILES string of the molecule is Nc1ncc(-c2nc(N3CCOCC3)c3nc(Cl)n(C=C4CC4)c3n2)cn1. The third-order valence-electron chi connectivity index (χ3n) is 4.57. The summed E-state index contributed by atoms with van der Waals surface area (Å²) in [6.45, 7) is 2.75. The predicted molar refractivity (Wildman–Crippen MR) is 102 cm³/mol. The summed E-state index contributed by atoms with van der Waals surface area (Å²) in [5.74, 6) is 1.46. The highest BCUT2D eigenvalue weighted by atomic mass is 35.5. The van der Waals surface area contributed by atoms with Crippen molar-refractivity contribution in [3.63, 3.8) is 0 Å². The van der Waals surface area contributed by atoms with E-state index in [0.29, 0.717) is 41.0 Å². The molecule has 0 atom stereocenters. The molecule has 0 aromatic carbocycles. The Balaban J connectivity index is 1.72. The number of morpholine rings is 1. The summed E-state index contributed by atoms with van der Waals surface area (Å²) >= 11 is 6.42. The number of ether oxygens (including phenoxy) is 1. The summed E-state index contributed by atoms with van der Waals surface area (Å²) < 4.78 is 7.30. The lowest BCUT2D eigenvalue weighted by Gasteiger charge is -2.28. The molecular weight excluding hydrogens is 368 g/mol. The van der Waals surface area contributed by atoms with Crippen LogP contribution in [0.5, 0.6) is 0 Å². The largest absolute Gasteiger partial charge is 0.378 e. The number of hydrogen-bond donors (Lipinski definition) is 1. The quantitative estimate of drug-likeness (QED) is 0.683. The van der Waals surface area contributed by atoms with Crippen molar-refractivity contribution in [3.8, 4) is 11.4 Å². The normalized spacial score (nSPS) is 16.8. The Hall–Kier alpha value is -2.78. The van der Waals surface area contributed by atoms with Crippen LogP contribution >= 0.6 is 11.6 Å². The van der Waals surface area contributed by atoms with Gasteiger partial charge in [-0.1, -0.05) is 5.57 Å². The fraction of sp³-hybridized carbons (Fsp3) is 0.353. The van der Waals surface area contributed by atoms with Gasteiger partial charge >= 0.3 is 0 Å². The molecule has 1 aliphatic heterocycles. The van der Waals surface area contributed by atoms with Crippen LogP contribution in [0, 0.1) is 0 Å². The molecule has 27 heavy (non-hydrogen) atoms. The van der Waals surface area contributed by atoms with E-state index in [-0.39, 0.29) is 5.95 Å². The summed E-state index contributed by atoms with van der Waals surface area (Å²) in [6.07, 6.45) is 7.41. The fourth-order valence-electron chi connectivity index (χ4n) is 3.01. The number of aromatic nitrogens is 6. The van der Waals surface area contributed by atoms with Gasteiger partial charge in [0.05, 0.1) is 18.8 Å². The van der Waals surface area contributed by atoms with Crippen LogP contribution < -0.4 is 10.6 Å². The maximum Gasteiger partial charge on any atom is 0.219 e. The van der Waals surface area contributed by atoms with E-state index >= 15 is 0 Å². The van der Waals surface area contributed by atoms with Crippen LogP contribution in [0.3, 0.4) is 0 Å². The van der Waals surface area contributed by atoms with Gasteiger partial charge in [-0.15, -0.1) is 0 Å². The lowest BCUT2D eigenvalue weighted by Crippen LogP contribution is -2.37. The first-order chi connectivity index (χ1) is 13.2. The van der Waals surface area contributed by atoms with Gasteiger partial charge in [0.2, 0.25) is 11.2 Å². The van der Waals surface area contributed by atoms with Gasteiger partial charge in [0.15, 0.2) is 22.8 Å². The molecular formula is C17H17ClN8O. The zero-order chi connectivity index (χ0) is 18.4. The van der Waals surface area contributed by atoms with Crippen LogP contribution in [-0.2, 0) is 4.74 Å². The van der Waals surface area contributed by atoms with Crippen molar-refractivity contribution in [1.82, 2.24) is 29.5 Å². The van der Waals surface area contributed by atoms with E-state index in [2.05, 4.69) is 19.9 Å². The van der Waals surface area contributed by atoms with Crippen molar-refractivity contribution in [1.29, 1.82) is 0 Å². The monoisotopic (exact) mass is 384 g/mol. The molecule has 5 rings (SSSR count). The van der Waals surface area contributed by atoms with E-state index in [1.54, 1.807) is 12.4 Å².